The van der Waals surface area contributed by atoms with E-state index in [0.29, 0.717) is 12.2 Å². The van der Waals surface area contributed by atoms with Gasteiger partial charge in [-0.05, 0) is 28.1 Å². The van der Waals surface area contributed by atoms with Gasteiger partial charge >= 0.3 is 0 Å². The number of hydrogen-bond acceptors (Lipinski definition) is 6. The topological polar surface area (TPSA) is 101 Å². The molecular weight excluding hydrogens is 330 g/mol. The predicted molar refractivity (Wildman–Crippen MR) is 65.1 cm³/mol. The number of thiophene rings is 1. The molecule has 0 spiro atoms. The summed E-state index contributed by atoms with van der Waals surface area (Å²) >= 11 is 4.38. The fourth-order valence-corrected chi connectivity index (χ4v) is 4.19. The van der Waals surface area contributed by atoms with Crippen molar-refractivity contribution in [3.8, 4) is 0 Å². The minimum absolute atomic E-state index is 0.234. The van der Waals surface area contributed by atoms with E-state index in [1.807, 2.05) is 0 Å². The first-order valence-corrected chi connectivity index (χ1v) is 7.64. The van der Waals surface area contributed by atoms with E-state index in [2.05, 4.69) is 41.3 Å². The molecule has 2 heterocycles. The Bertz CT molecular complexity index is 579. The maximum Gasteiger partial charge on any atom is 0.250 e. The van der Waals surface area contributed by atoms with Gasteiger partial charge in [0, 0.05) is 13.0 Å². The van der Waals surface area contributed by atoms with E-state index in [9.17, 15) is 8.42 Å². The molecule has 0 aliphatic carbocycles. The lowest BCUT2D eigenvalue weighted by molar-refractivity contribution is 0.583. The number of halogens is 1. The van der Waals surface area contributed by atoms with Gasteiger partial charge in [-0.15, -0.1) is 21.5 Å². The van der Waals surface area contributed by atoms with Crippen LogP contribution < -0.4 is 4.72 Å². The molecule has 0 saturated heterocycles. The average Bonchev–Trinajstić information content (AvgIpc) is 2.89. The zero-order chi connectivity index (χ0) is 12.3. The van der Waals surface area contributed by atoms with Gasteiger partial charge in [-0.25, -0.2) is 13.1 Å². The Hall–Kier alpha value is -0.840. The lowest BCUT2D eigenvalue weighted by atomic mass is 10.4. The molecule has 0 unspecified atom stereocenters. The molecule has 0 amide bonds. The zero-order valence-corrected chi connectivity index (χ0v) is 11.6. The molecule has 2 aromatic heterocycles. The van der Waals surface area contributed by atoms with Crippen molar-refractivity contribution in [3.63, 3.8) is 0 Å². The molecule has 0 bridgehead atoms. The largest absolute Gasteiger partial charge is 0.250 e. The number of rotatable bonds is 5. The number of aromatic amines is 1. The Morgan fingerprint density at radius 2 is 2.29 bits per heavy atom. The summed E-state index contributed by atoms with van der Waals surface area (Å²) in [6.45, 7) is 0.234. The molecule has 2 rings (SSSR count). The van der Waals surface area contributed by atoms with Gasteiger partial charge in [-0.1, -0.05) is 5.21 Å². The smallest absolute Gasteiger partial charge is 0.210 e. The predicted octanol–water partition coefficient (Wildman–Crippen LogP) is 0.545. The normalized spacial score (nSPS) is 11.8. The maximum atomic E-state index is 11.8. The fraction of sp³-hybridized carbons (Fsp3) is 0.286. The summed E-state index contributed by atoms with van der Waals surface area (Å²) in [4.78, 5) is 0. The highest BCUT2D eigenvalue weighted by atomic mass is 79.9. The minimum Gasteiger partial charge on any atom is -0.210 e. The van der Waals surface area contributed by atoms with Crippen molar-refractivity contribution in [2.24, 2.45) is 0 Å². The molecule has 0 saturated carbocycles. The second-order valence-corrected chi connectivity index (χ2v) is 7.49. The van der Waals surface area contributed by atoms with Gasteiger partial charge in [0.25, 0.3) is 0 Å². The molecule has 7 nitrogen and oxygen atoms in total. The van der Waals surface area contributed by atoms with E-state index >= 15 is 0 Å². The third kappa shape index (κ3) is 3.31. The standard InChI is InChI=1S/C7H8BrN5O2S2/c8-5-1-2-7(16-5)17(14,15)9-4-3-6-10-12-13-11-6/h1-2,9H,3-4H2,(H,10,11,12,13). The highest BCUT2D eigenvalue weighted by Gasteiger charge is 2.15. The second-order valence-electron chi connectivity index (χ2n) is 3.03. The first kappa shape index (κ1) is 12.6. The molecule has 0 aromatic carbocycles. The lowest BCUT2D eigenvalue weighted by Crippen LogP contribution is -2.25. The lowest BCUT2D eigenvalue weighted by Gasteiger charge is -2.02. The van der Waals surface area contributed by atoms with Crippen LogP contribution in [0.5, 0.6) is 0 Å². The third-order valence-corrected chi connectivity index (χ3v) is 5.42. The van der Waals surface area contributed by atoms with Crippen LogP contribution in [-0.2, 0) is 16.4 Å². The first-order valence-electron chi connectivity index (χ1n) is 4.55. The van der Waals surface area contributed by atoms with Crippen LogP contribution in [0.15, 0.2) is 20.1 Å². The molecule has 17 heavy (non-hydrogen) atoms. The molecular formula is C7H8BrN5O2S2. The van der Waals surface area contributed by atoms with Crippen LogP contribution >= 0.6 is 27.3 Å². The number of nitrogens with one attached hydrogen (secondary N) is 2. The van der Waals surface area contributed by atoms with Crippen molar-refractivity contribution in [1.29, 1.82) is 0 Å². The summed E-state index contributed by atoms with van der Waals surface area (Å²) < 4.78 is 27.1. The maximum absolute atomic E-state index is 11.8. The summed E-state index contributed by atoms with van der Waals surface area (Å²) in [7, 11) is -3.44. The first-order chi connectivity index (χ1) is 8.08. The second kappa shape index (κ2) is 5.21. The Kier molecular flexibility index (Phi) is 3.86. The van der Waals surface area contributed by atoms with Gasteiger partial charge in [0.2, 0.25) is 10.0 Å². The number of H-pyrrole nitrogens is 1. The van der Waals surface area contributed by atoms with E-state index in [0.717, 1.165) is 15.1 Å². The zero-order valence-electron chi connectivity index (χ0n) is 8.42. The Balaban J connectivity index is 1.94. The van der Waals surface area contributed by atoms with Crippen LogP contribution in [0.1, 0.15) is 5.82 Å². The molecule has 0 aliphatic rings. The van der Waals surface area contributed by atoms with Crippen molar-refractivity contribution in [3.05, 3.63) is 21.7 Å². The van der Waals surface area contributed by atoms with Gasteiger partial charge in [0.1, 0.15) is 4.21 Å². The van der Waals surface area contributed by atoms with Crippen molar-refractivity contribution < 1.29 is 8.42 Å². The fourth-order valence-electron chi connectivity index (χ4n) is 1.10. The third-order valence-electron chi connectivity index (χ3n) is 1.84. The number of sulfonamides is 1. The Morgan fingerprint density at radius 3 is 2.88 bits per heavy atom. The van der Waals surface area contributed by atoms with Gasteiger partial charge in [0.05, 0.1) is 3.79 Å². The minimum atomic E-state index is -3.44. The monoisotopic (exact) mass is 337 g/mol. The quantitative estimate of drug-likeness (QED) is 0.829. The summed E-state index contributed by atoms with van der Waals surface area (Å²) in [6.07, 6.45) is 0.391. The van der Waals surface area contributed by atoms with Crippen LogP contribution in [-0.4, -0.2) is 35.6 Å². The summed E-state index contributed by atoms with van der Waals surface area (Å²) in [5.74, 6) is 0.472. The summed E-state index contributed by atoms with van der Waals surface area (Å²) in [5, 5.41) is 13.1. The van der Waals surface area contributed by atoms with Gasteiger partial charge in [0.15, 0.2) is 5.82 Å². The number of nitrogens with zero attached hydrogens (tertiary/aromatic N) is 3. The van der Waals surface area contributed by atoms with Crippen LogP contribution in [0.3, 0.4) is 0 Å². The van der Waals surface area contributed by atoms with Crippen molar-refractivity contribution >= 4 is 37.3 Å². The average molecular weight is 338 g/mol. The Morgan fingerprint density at radius 1 is 1.47 bits per heavy atom. The summed E-state index contributed by atoms with van der Waals surface area (Å²) in [5.41, 5.74) is 0. The molecule has 0 atom stereocenters. The molecule has 92 valence electrons. The van der Waals surface area contributed by atoms with Crippen molar-refractivity contribution in [2.75, 3.05) is 6.54 Å². The highest BCUT2D eigenvalue weighted by Crippen LogP contribution is 2.25. The molecule has 0 fully saturated rings. The van der Waals surface area contributed by atoms with Crippen molar-refractivity contribution in [2.45, 2.75) is 10.6 Å². The SMILES string of the molecule is O=S(=O)(NCCc1nn[nH]n1)c1ccc(Br)s1. The Labute approximate surface area is 110 Å². The van der Waals surface area contributed by atoms with E-state index in [1.165, 1.54) is 0 Å². The molecule has 0 aliphatic heterocycles. The van der Waals surface area contributed by atoms with Crippen LogP contribution in [0, 0.1) is 0 Å². The van der Waals surface area contributed by atoms with E-state index in [4.69, 9.17) is 0 Å². The van der Waals surface area contributed by atoms with Gasteiger partial charge in [-0.2, -0.15) is 5.21 Å². The number of tetrazole rings is 1. The van der Waals surface area contributed by atoms with Gasteiger partial charge in [-0.3, -0.25) is 0 Å². The van der Waals surface area contributed by atoms with Crippen molar-refractivity contribution in [1.82, 2.24) is 25.3 Å². The molecule has 10 heteroatoms. The van der Waals surface area contributed by atoms with E-state index < -0.39 is 10.0 Å². The van der Waals surface area contributed by atoms with Gasteiger partial charge < -0.3 is 0 Å². The van der Waals surface area contributed by atoms with E-state index in [1.54, 1.807) is 12.1 Å². The molecule has 2 N–H and O–H groups in total. The molecule has 2 aromatic rings. The van der Waals surface area contributed by atoms with Crippen LogP contribution in [0.4, 0.5) is 0 Å². The van der Waals surface area contributed by atoms with Crippen LogP contribution in [0.2, 0.25) is 0 Å². The number of hydrogen-bond donors (Lipinski definition) is 2. The van der Waals surface area contributed by atoms with Crippen LogP contribution in [0.25, 0.3) is 0 Å². The molecule has 0 radical (unpaired) electrons. The van der Waals surface area contributed by atoms with E-state index in [-0.39, 0.29) is 10.8 Å². The summed E-state index contributed by atoms with van der Waals surface area (Å²) in [6, 6.07) is 3.24. The number of aromatic nitrogens is 4. The highest BCUT2D eigenvalue weighted by molar-refractivity contribution is 9.11.